The van der Waals surface area contributed by atoms with Crippen molar-refractivity contribution in [3.05, 3.63) is 77.9 Å². The van der Waals surface area contributed by atoms with Gasteiger partial charge in [-0.25, -0.2) is 22.2 Å². The van der Waals surface area contributed by atoms with Crippen LogP contribution in [-0.2, 0) is 14.8 Å². The number of hydrogen-bond acceptors (Lipinski definition) is 5. The van der Waals surface area contributed by atoms with Crippen molar-refractivity contribution in [2.45, 2.75) is 17.9 Å². The van der Waals surface area contributed by atoms with Crippen LogP contribution in [0, 0.1) is 17.6 Å². The number of hydrogen-bond donors (Lipinski definition) is 3. The highest BCUT2D eigenvalue weighted by Gasteiger charge is 2.24. The highest BCUT2D eigenvalue weighted by Crippen LogP contribution is 2.25. The molecular weight excluding hydrogens is 463 g/mol. The Morgan fingerprint density at radius 2 is 1.58 bits per heavy atom. The molecule has 0 bridgehead atoms. The number of nitrogens with zero attached hydrogens (tertiary/aromatic N) is 1. The molecule has 1 heterocycles. The molecule has 0 aliphatic carbocycles. The van der Waals surface area contributed by atoms with Crippen molar-refractivity contribution < 1.29 is 36.3 Å². The largest absolute Gasteiger partial charge is 0.480 e. The van der Waals surface area contributed by atoms with Crippen LogP contribution in [0.2, 0.25) is 0 Å². The van der Waals surface area contributed by atoms with Gasteiger partial charge < -0.3 is 10.4 Å². The van der Waals surface area contributed by atoms with Crippen molar-refractivity contribution in [3.8, 4) is 11.1 Å². The summed E-state index contributed by atoms with van der Waals surface area (Å²) in [7, 11) is -4.27. The molecule has 0 saturated heterocycles. The molecule has 0 saturated carbocycles. The van der Waals surface area contributed by atoms with Gasteiger partial charge in [-0.1, -0.05) is 12.1 Å². The van der Waals surface area contributed by atoms with Crippen LogP contribution in [0.4, 0.5) is 18.9 Å². The second kappa shape index (κ2) is 9.28. The molecule has 3 N–H and O–H groups in total. The minimum atomic E-state index is -4.27. The molecule has 1 aromatic heterocycles. The van der Waals surface area contributed by atoms with Crippen LogP contribution in [0.5, 0.6) is 0 Å². The van der Waals surface area contributed by atoms with Crippen molar-refractivity contribution in [3.63, 3.8) is 0 Å². The maximum atomic E-state index is 14.3. The number of halogens is 3. The molecule has 3 aromatic rings. The van der Waals surface area contributed by atoms with E-state index >= 15 is 0 Å². The van der Waals surface area contributed by atoms with Gasteiger partial charge in [0.1, 0.15) is 23.2 Å². The van der Waals surface area contributed by atoms with Crippen molar-refractivity contribution in [2.75, 3.05) is 4.72 Å². The Morgan fingerprint density at radius 1 is 0.970 bits per heavy atom. The highest BCUT2D eigenvalue weighted by atomic mass is 32.2. The maximum absolute atomic E-state index is 14.3. The number of carboxylic acid groups (broad SMARTS) is 1. The van der Waals surface area contributed by atoms with Gasteiger partial charge in [0.2, 0.25) is 5.95 Å². The Balaban J connectivity index is 1.82. The van der Waals surface area contributed by atoms with E-state index in [-0.39, 0.29) is 4.90 Å². The molecule has 0 radical (unpaired) electrons. The summed E-state index contributed by atoms with van der Waals surface area (Å²) < 4.78 is 69.2. The average Bonchev–Trinajstić information content (AvgIpc) is 2.73. The van der Waals surface area contributed by atoms with E-state index in [1.807, 2.05) is 10.0 Å². The van der Waals surface area contributed by atoms with E-state index in [1.165, 1.54) is 42.6 Å². The predicted octanol–water partition coefficient (Wildman–Crippen LogP) is 3.17. The van der Waals surface area contributed by atoms with Crippen molar-refractivity contribution in [1.29, 1.82) is 0 Å². The van der Waals surface area contributed by atoms with Gasteiger partial charge in [0.15, 0.2) is 0 Å². The monoisotopic (exact) mass is 479 g/mol. The smallest absolute Gasteiger partial charge is 0.325 e. The first-order valence-electron chi connectivity index (χ1n) is 9.25. The average molecular weight is 479 g/mol. The quantitative estimate of drug-likeness (QED) is 0.447. The summed E-state index contributed by atoms with van der Waals surface area (Å²) in [5, 5.41) is 10.7. The van der Waals surface area contributed by atoms with Gasteiger partial charge in [-0.05, 0) is 48.4 Å². The van der Waals surface area contributed by atoms with Gasteiger partial charge in [-0.3, -0.25) is 14.3 Å². The number of carbonyl (C=O) groups excluding carboxylic acids is 1. The summed E-state index contributed by atoms with van der Waals surface area (Å²) in [5.41, 5.74) is -0.568. The first kappa shape index (κ1) is 23.7. The summed E-state index contributed by atoms with van der Waals surface area (Å²) in [6, 6.07) is 7.76. The summed E-state index contributed by atoms with van der Waals surface area (Å²) in [5.74, 6) is -6.20. The molecule has 0 aliphatic rings. The Labute approximate surface area is 186 Å². The number of nitrogens with one attached hydrogen (secondary N) is 2. The van der Waals surface area contributed by atoms with Gasteiger partial charge in [-0.2, -0.15) is 4.39 Å². The Hall–Kier alpha value is -3.93. The molecule has 3 rings (SSSR count). The number of carboxylic acids is 1. The fraction of sp³-hybridized carbons (Fsp3) is 0.0952. The summed E-state index contributed by atoms with van der Waals surface area (Å²) in [4.78, 5) is 26.0. The predicted molar refractivity (Wildman–Crippen MR) is 111 cm³/mol. The van der Waals surface area contributed by atoms with Gasteiger partial charge in [-0.15, -0.1) is 0 Å². The van der Waals surface area contributed by atoms with E-state index in [2.05, 4.69) is 4.98 Å². The van der Waals surface area contributed by atoms with Gasteiger partial charge in [0, 0.05) is 12.3 Å². The maximum Gasteiger partial charge on any atom is 0.325 e. The molecule has 12 heteroatoms. The molecule has 0 spiro atoms. The molecule has 0 aliphatic heterocycles. The van der Waals surface area contributed by atoms with Crippen molar-refractivity contribution >= 4 is 27.6 Å². The molecular formula is C21H16F3N3O5S. The minimum Gasteiger partial charge on any atom is -0.480 e. The van der Waals surface area contributed by atoms with Crippen LogP contribution in [0.1, 0.15) is 17.3 Å². The van der Waals surface area contributed by atoms with E-state index in [1.54, 1.807) is 0 Å². The SMILES string of the molecule is CC(NC(=O)c1c(F)cc(NS(=O)(=O)c2ccc(-c3ccnc(F)c3)cc2)cc1F)C(=O)O. The zero-order chi connectivity index (χ0) is 24.3. The van der Waals surface area contributed by atoms with E-state index in [0.29, 0.717) is 23.3 Å². The third kappa shape index (κ3) is 5.47. The zero-order valence-electron chi connectivity index (χ0n) is 16.8. The Morgan fingerprint density at radius 3 is 2.12 bits per heavy atom. The first-order chi connectivity index (χ1) is 15.5. The molecule has 2 aromatic carbocycles. The molecule has 33 heavy (non-hydrogen) atoms. The number of anilines is 1. The topological polar surface area (TPSA) is 125 Å². The number of sulfonamides is 1. The number of aliphatic carboxylic acids is 1. The third-order valence-electron chi connectivity index (χ3n) is 4.46. The number of pyridine rings is 1. The number of amides is 1. The summed E-state index contributed by atoms with van der Waals surface area (Å²) in [6.45, 7) is 1.11. The van der Waals surface area contributed by atoms with Gasteiger partial charge in [0.05, 0.1) is 10.6 Å². The molecule has 172 valence electrons. The van der Waals surface area contributed by atoms with Crippen LogP contribution in [0.25, 0.3) is 11.1 Å². The van der Waals surface area contributed by atoms with E-state index in [0.717, 1.165) is 6.92 Å². The number of carbonyl (C=O) groups is 2. The number of aromatic nitrogens is 1. The van der Waals surface area contributed by atoms with Crippen molar-refractivity contribution in [1.82, 2.24) is 10.3 Å². The zero-order valence-corrected chi connectivity index (χ0v) is 17.7. The molecule has 1 unspecified atom stereocenters. The normalized spacial score (nSPS) is 12.1. The summed E-state index contributed by atoms with van der Waals surface area (Å²) in [6.07, 6.45) is 1.26. The lowest BCUT2D eigenvalue weighted by atomic mass is 10.1. The van der Waals surface area contributed by atoms with Crippen molar-refractivity contribution in [2.24, 2.45) is 0 Å². The second-order valence-corrected chi connectivity index (χ2v) is 8.53. The van der Waals surface area contributed by atoms with Gasteiger partial charge >= 0.3 is 5.97 Å². The number of rotatable bonds is 7. The lowest BCUT2D eigenvalue weighted by Gasteiger charge is -2.13. The fourth-order valence-electron chi connectivity index (χ4n) is 2.80. The first-order valence-corrected chi connectivity index (χ1v) is 10.7. The van der Waals surface area contributed by atoms with Crippen LogP contribution < -0.4 is 10.0 Å². The van der Waals surface area contributed by atoms with Crippen LogP contribution in [-0.4, -0.2) is 36.4 Å². The molecule has 8 nitrogen and oxygen atoms in total. The lowest BCUT2D eigenvalue weighted by molar-refractivity contribution is -0.138. The fourth-order valence-corrected chi connectivity index (χ4v) is 3.84. The van der Waals surface area contributed by atoms with E-state index in [4.69, 9.17) is 5.11 Å². The van der Waals surface area contributed by atoms with Crippen LogP contribution >= 0.6 is 0 Å². The highest BCUT2D eigenvalue weighted by molar-refractivity contribution is 7.92. The Kier molecular flexibility index (Phi) is 6.68. The van der Waals surface area contributed by atoms with Crippen LogP contribution in [0.3, 0.4) is 0 Å². The third-order valence-corrected chi connectivity index (χ3v) is 5.86. The molecule has 1 amide bonds. The summed E-state index contributed by atoms with van der Waals surface area (Å²) >= 11 is 0. The van der Waals surface area contributed by atoms with E-state index < -0.39 is 56.8 Å². The lowest BCUT2D eigenvalue weighted by Crippen LogP contribution is -2.39. The molecule has 0 fully saturated rings. The van der Waals surface area contributed by atoms with Crippen LogP contribution in [0.15, 0.2) is 59.6 Å². The number of benzene rings is 2. The molecule has 1 atom stereocenters. The Bertz CT molecular complexity index is 1310. The minimum absolute atomic E-state index is 0.237. The second-order valence-electron chi connectivity index (χ2n) is 6.85. The van der Waals surface area contributed by atoms with E-state index in [9.17, 15) is 31.2 Å². The van der Waals surface area contributed by atoms with Gasteiger partial charge in [0.25, 0.3) is 15.9 Å². The standard InChI is InChI=1S/C21H16F3N3O5S/c1-11(21(29)30)26-20(28)19-16(22)9-14(10-17(19)23)27-33(31,32)15-4-2-12(3-5-15)13-6-7-25-18(24)8-13/h2-11,27H,1H3,(H,26,28)(H,29,30).